The maximum Gasteiger partial charge on any atom is 0.251 e. The molecule has 4 rings (SSSR count). The normalized spacial score (nSPS) is 17.8. The number of pyridine rings is 1. The molecule has 0 atom stereocenters. The summed E-state index contributed by atoms with van der Waals surface area (Å²) in [4.78, 5) is 19.2. The van der Waals surface area contributed by atoms with Crippen molar-refractivity contribution in [2.45, 2.75) is 44.7 Å². The van der Waals surface area contributed by atoms with E-state index in [0.717, 1.165) is 43.1 Å². The zero-order chi connectivity index (χ0) is 17.9. The summed E-state index contributed by atoms with van der Waals surface area (Å²) in [6, 6.07) is 10.6. The van der Waals surface area contributed by atoms with Gasteiger partial charge in [0.15, 0.2) is 0 Å². The lowest BCUT2D eigenvalue weighted by molar-refractivity contribution is 0.0951. The standard InChI is InChI=1S/C21H26N4O/c22-20-18(3-2-10-23-20)14-24-21(26)17-7-6-15-8-11-25(19-4-1-5-19)12-9-16(15)13-17/h2-3,6-7,10,13,19H,1,4-5,8-9,11-12,14H2,(H2,22,23)(H,24,26). The van der Waals surface area contributed by atoms with E-state index in [2.05, 4.69) is 27.3 Å². The number of aromatic nitrogens is 1. The fourth-order valence-corrected chi connectivity index (χ4v) is 3.88. The lowest BCUT2D eigenvalue weighted by Gasteiger charge is -2.36. The molecule has 0 radical (unpaired) electrons. The molecular weight excluding hydrogens is 324 g/mol. The van der Waals surface area contributed by atoms with Crippen LogP contribution in [0, 0.1) is 0 Å². The second kappa shape index (κ2) is 7.46. The van der Waals surface area contributed by atoms with Crippen molar-refractivity contribution in [3.8, 4) is 0 Å². The van der Waals surface area contributed by atoms with E-state index in [9.17, 15) is 4.79 Å². The highest BCUT2D eigenvalue weighted by Gasteiger charge is 2.26. The number of nitrogens with zero attached hydrogens (tertiary/aromatic N) is 2. The van der Waals surface area contributed by atoms with Crippen LogP contribution in [-0.2, 0) is 19.4 Å². The molecule has 1 aromatic carbocycles. The Bertz CT molecular complexity index is 800. The number of carbonyl (C=O) groups excluding carboxylic acids is 1. The molecule has 2 heterocycles. The molecule has 5 heteroatoms. The van der Waals surface area contributed by atoms with E-state index in [0.29, 0.717) is 12.4 Å². The fourth-order valence-electron chi connectivity index (χ4n) is 3.88. The van der Waals surface area contributed by atoms with Gasteiger partial charge in [-0.05, 0) is 55.0 Å². The fraction of sp³-hybridized carbons (Fsp3) is 0.429. The van der Waals surface area contributed by atoms with E-state index >= 15 is 0 Å². The van der Waals surface area contributed by atoms with Gasteiger partial charge < -0.3 is 11.1 Å². The van der Waals surface area contributed by atoms with Crippen LogP contribution in [0.5, 0.6) is 0 Å². The molecular formula is C21H26N4O. The first-order valence-corrected chi connectivity index (χ1v) is 9.54. The van der Waals surface area contributed by atoms with Crippen LogP contribution in [0.25, 0.3) is 0 Å². The third-order valence-electron chi connectivity index (χ3n) is 5.76. The number of amides is 1. The van der Waals surface area contributed by atoms with Gasteiger partial charge in [0.05, 0.1) is 0 Å². The van der Waals surface area contributed by atoms with E-state index in [1.165, 1.54) is 30.4 Å². The molecule has 1 aliphatic carbocycles. The number of hydrogen-bond donors (Lipinski definition) is 2. The van der Waals surface area contributed by atoms with Crippen LogP contribution in [0.4, 0.5) is 5.82 Å². The molecule has 2 aromatic rings. The Kier molecular flexibility index (Phi) is 4.89. The van der Waals surface area contributed by atoms with Crippen LogP contribution in [0.1, 0.15) is 46.3 Å². The van der Waals surface area contributed by atoms with Crippen molar-refractivity contribution in [1.82, 2.24) is 15.2 Å². The topological polar surface area (TPSA) is 71.2 Å². The summed E-state index contributed by atoms with van der Waals surface area (Å²) in [5.74, 6) is 0.405. The number of rotatable bonds is 4. The lowest BCUT2D eigenvalue weighted by atomic mass is 9.91. The van der Waals surface area contributed by atoms with Crippen LogP contribution in [-0.4, -0.2) is 34.9 Å². The first-order valence-electron chi connectivity index (χ1n) is 9.54. The monoisotopic (exact) mass is 350 g/mol. The van der Waals surface area contributed by atoms with Crippen molar-refractivity contribution in [2.75, 3.05) is 18.8 Å². The lowest BCUT2D eigenvalue weighted by Crippen LogP contribution is -2.41. The van der Waals surface area contributed by atoms with Crippen LogP contribution in [0.2, 0.25) is 0 Å². The van der Waals surface area contributed by atoms with Crippen molar-refractivity contribution < 1.29 is 4.79 Å². The van der Waals surface area contributed by atoms with Gasteiger partial charge in [0.25, 0.3) is 5.91 Å². The van der Waals surface area contributed by atoms with Gasteiger partial charge in [-0.3, -0.25) is 9.69 Å². The van der Waals surface area contributed by atoms with Gasteiger partial charge in [-0.25, -0.2) is 4.98 Å². The van der Waals surface area contributed by atoms with Crippen LogP contribution < -0.4 is 11.1 Å². The Labute approximate surface area is 154 Å². The average Bonchev–Trinajstić information content (AvgIpc) is 2.82. The van der Waals surface area contributed by atoms with Crippen molar-refractivity contribution in [1.29, 1.82) is 0 Å². The quantitative estimate of drug-likeness (QED) is 0.889. The highest BCUT2D eigenvalue weighted by molar-refractivity contribution is 5.94. The second-order valence-corrected chi connectivity index (χ2v) is 7.33. The van der Waals surface area contributed by atoms with Crippen LogP contribution >= 0.6 is 0 Å². The first kappa shape index (κ1) is 17.0. The Morgan fingerprint density at radius 1 is 1.19 bits per heavy atom. The van der Waals surface area contributed by atoms with Gasteiger partial charge >= 0.3 is 0 Å². The summed E-state index contributed by atoms with van der Waals surface area (Å²) in [5.41, 5.74) is 10.1. The number of nitrogens with two attached hydrogens (primary N) is 1. The summed E-state index contributed by atoms with van der Waals surface area (Å²) in [6.45, 7) is 2.64. The van der Waals surface area contributed by atoms with Gasteiger partial charge in [-0.15, -0.1) is 0 Å². The van der Waals surface area contributed by atoms with E-state index in [-0.39, 0.29) is 5.91 Å². The predicted molar refractivity (Wildman–Crippen MR) is 103 cm³/mol. The Hall–Kier alpha value is -2.40. The molecule has 5 nitrogen and oxygen atoms in total. The van der Waals surface area contributed by atoms with Crippen molar-refractivity contribution in [2.24, 2.45) is 0 Å². The minimum absolute atomic E-state index is 0.0591. The van der Waals surface area contributed by atoms with Crippen molar-refractivity contribution in [3.05, 3.63) is 58.8 Å². The largest absolute Gasteiger partial charge is 0.383 e. The molecule has 136 valence electrons. The molecule has 0 saturated heterocycles. The van der Waals surface area contributed by atoms with Crippen molar-refractivity contribution >= 4 is 11.7 Å². The third kappa shape index (κ3) is 3.58. The maximum atomic E-state index is 12.5. The number of hydrogen-bond acceptors (Lipinski definition) is 4. The van der Waals surface area contributed by atoms with Gasteiger partial charge in [0.1, 0.15) is 5.82 Å². The highest BCUT2D eigenvalue weighted by atomic mass is 16.1. The van der Waals surface area contributed by atoms with E-state index in [4.69, 9.17) is 5.73 Å². The summed E-state index contributed by atoms with van der Waals surface area (Å²) < 4.78 is 0. The maximum absolute atomic E-state index is 12.5. The molecule has 0 spiro atoms. The molecule has 26 heavy (non-hydrogen) atoms. The smallest absolute Gasteiger partial charge is 0.251 e. The summed E-state index contributed by atoms with van der Waals surface area (Å²) in [6.07, 6.45) is 7.84. The van der Waals surface area contributed by atoms with Crippen molar-refractivity contribution in [3.63, 3.8) is 0 Å². The van der Waals surface area contributed by atoms with E-state index in [1.807, 2.05) is 18.2 Å². The molecule has 1 fully saturated rings. The Morgan fingerprint density at radius 2 is 2.00 bits per heavy atom. The summed E-state index contributed by atoms with van der Waals surface area (Å²) in [5, 5.41) is 2.95. The third-order valence-corrected chi connectivity index (χ3v) is 5.76. The zero-order valence-corrected chi connectivity index (χ0v) is 15.1. The van der Waals surface area contributed by atoms with Crippen LogP contribution in [0.3, 0.4) is 0 Å². The number of nitrogens with one attached hydrogen (secondary N) is 1. The van der Waals surface area contributed by atoms with Gasteiger partial charge in [-0.1, -0.05) is 18.6 Å². The SMILES string of the molecule is Nc1ncccc1CNC(=O)c1ccc2c(c1)CCN(C1CCC1)CC2. The molecule has 1 aromatic heterocycles. The average molecular weight is 350 g/mol. The number of anilines is 1. The number of benzene rings is 1. The summed E-state index contributed by atoms with van der Waals surface area (Å²) >= 11 is 0. The first-order chi connectivity index (χ1) is 12.7. The van der Waals surface area contributed by atoms with Crippen LogP contribution in [0.15, 0.2) is 36.5 Å². The minimum atomic E-state index is -0.0591. The number of fused-ring (bicyclic) bond motifs is 1. The molecule has 1 aliphatic heterocycles. The Morgan fingerprint density at radius 3 is 2.73 bits per heavy atom. The number of nitrogen functional groups attached to an aromatic ring is 1. The summed E-state index contributed by atoms with van der Waals surface area (Å²) in [7, 11) is 0. The molecule has 3 N–H and O–H groups in total. The van der Waals surface area contributed by atoms with Gasteiger partial charge in [0, 0.05) is 43.0 Å². The number of carbonyl (C=O) groups is 1. The molecule has 0 unspecified atom stereocenters. The predicted octanol–water partition coefficient (Wildman–Crippen LogP) is 2.55. The van der Waals surface area contributed by atoms with Gasteiger partial charge in [0.2, 0.25) is 0 Å². The Balaban J connectivity index is 1.41. The van der Waals surface area contributed by atoms with E-state index in [1.54, 1.807) is 6.20 Å². The second-order valence-electron chi connectivity index (χ2n) is 7.33. The van der Waals surface area contributed by atoms with Gasteiger partial charge in [-0.2, -0.15) is 0 Å². The highest BCUT2D eigenvalue weighted by Crippen LogP contribution is 2.27. The molecule has 2 aliphatic rings. The molecule has 1 amide bonds. The molecule has 0 bridgehead atoms. The zero-order valence-electron chi connectivity index (χ0n) is 15.1. The minimum Gasteiger partial charge on any atom is -0.383 e. The molecule has 1 saturated carbocycles. The van der Waals surface area contributed by atoms with E-state index < -0.39 is 0 Å².